The first-order valence-electron chi connectivity index (χ1n) is 8.27. The highest BCUT2D eigenvalue weighted by Crippen LogP contribution is 2.22. The van der Waals surface area contributed by atoms with Crippen LogP contribution in [0.2, 0.25) is 0 Å². The summed E-state index contributed by atoms with van der Waals surface area (Å²) in [6, 6.07) is 11.3. The molecule has 0 aromatic heterocycles. The fourth-order valence-corrected chi connectivity index (χ4v) is 2.19. The van der Waals surface area contributed by atoms with Crippen molar-refractivity contribution in [1.29, 1.82) is 0 Å². The monoisotopic (exact) mass is 357 g/mol. The molecule has 26 heavy (non-hydrogen) atoms. The number of hydrogen-bond acceptors (Lipinski definition) is 6. The third-order valence-corrected chi connectivity index (χ3v) is 3.55. The van der Waals surface area contributed by atoms with Crippen molar-refractivity contribution in [2.45, 2.75) is 32.6 Å². The summed E-state index contributed by atoms with van der Waals surface area (Å²) in [6.45, 7) is 2.05. The molecule has 7 nitrogen and oxygen atoms in total. The number of unbranched alkanes of at least 4 members (excludes halogenated alkanes) is 2. The number of nitro benzene ring substituents is 1. The molecule has 2 rings (SSSR count). The second-order valence-electron chi connectivity index (χ2n) is 5.60. The van der Waals surface area contributed by atoms with Crippen LogP contribution in [-0.4, -0.2) is 16.9 Å². The third-order valence-electron chi connectivity index (χ3n) is 3.55. The van der Waals surface area contributed by atoms with E-state index in [2.05, 4.69) is 0 Å². The predicted octanol–water partition coefficient (Wildman–Crippen LogP) is 4.30. The van der Waals surface area contributed by atoms with Crippen LogP contribution in [0.15, 0.2) is 48.5 Å². The Morgan fingerprint density at radius 1 is 1.00 bits per heavy atom. The van der Waals surface area contributed by atoms with Crippen LogP contribution in [0, 0.1) is 10.1 Å². The molecule has 0 spiro atoms. The normalized spacial score (nSPS) is 10.2. The van der Waals surface area contributed by atoms with E-state index < -0.39 is 10.9 Å². The number of hydrogen-bond donors (Lipinski definition) is 0. The second-order valence-corrected chi connectivity index (χ2v) is 5.60. The van der Waals surface area contributed by atoms with E-state index in [0.717, 1.165) is 19.3 Å². The number of nitro groups is 1. The molecule has 0 N–H and O–H groups in total. The number of benzene rings is 2. The quantitative estimate of drug-likeness (QED) is 0.230. The lowest BCUT2D eigenvalue weighted by Gasteiger charge is -2.07. The van der Waals surface area contributed by atoms with Crippen molar-refractivity contribution in [3.8, 4) is 11.5 Å². The Hall–Kier alpha value is -3.22. The Morgan fingerprint density at radius 3 is 2.27 bits per heavy atom. The van der Waals surface area contributed by atoms with Crippen LogP contribution in [0.25, 0.3) is 0 Å². The van der Waals surface area contributed by atoms with Gasteiger partial charge in [0.1, 0.15) is 11.5 Å². The number of nitrogens with zero attached hydrogens (tertiary/aromatic N) is 1. The van der Waals surface area contributed by atoms with Crippen LogP contribution >= 0.6 is 0 Å². The van der Waals surface area contributed by atoms with Crippen LogP contribution in [0.4, 0.5) is 5.69 Å². The van der Waals surface area contributed by atoms with Crippen LogP contribution < -0.4 is 9.47 Å². The summed E-state index contributed by atoms with van der Waals surface area (Å²) >= 11 is 0. The molecule has 0 fully saturated rings. The Morgan fingerprint density at radius 2 is 1.65 bits per heavy atom. The second kappa shape index (κ2) is 9.31. The Labute approximate surface area is 150 Å². The van der Waals surface area contributed by atoms with Gasteiger partial charge in [0, 0.05) is 24.6 Å². The lowest BCUT2D eigenvalue weighted by atomic mass is 10.2. The Kier molecular flexibility index (Phi) is 6.84. The van der Waals surface area contributed by atoms with E-state index in [-0.39, 0.29) is 23.0 Å². The largest absolute Gasteiger partial charge is 0.426 e. The van der Waals surface area contributed by atoms with Gasteiger partial charge in [-0.2, -0.15) is 0 Å². The fourth-order valence-electron chi connectivity index (χ4n) is 2.19. The smallest absolute Gasteiger partial charge is 0.343 e. The molecule has 0 bridgehead atoms. The molecule has 0 atom stereocenters. The van der Waals surface area contributed by atoms with Crippen LogP contribution in [0.1, 0.15) is 43.0 Å². The molecule has 0 amide bonds. The molecule has 0 heterocycles. The summed E-state index contributed by atoms with van der Waals surface area (Å²) in [4.78, 5) is 33.9. The van der Waals surface area contributed by atoms with Crippen molar-refractivity contribution < 1.29 is 24.0 Å². The van der Waals surface area contributed by atoms with Crippen molar-refractivity contribution in [3.05, 3.63) is 64.2 Å². The molecule has 0 aliphatic heterocycles. The van der Waals surface area contributed by atoms with E-state index in [1.54, 1.807) is 18.2 Å². The number of carbonyl (C=O) groups is 2. The molecule has 7 heteroatoms. The molecule has 0 aliphatic carbocycles. The van der Waals surface area contributed by atoms with Gasteiger partial charge in [0.05, 0.1) is 10.5 Å². The topological polar surface area (TPSA) is 95.7 Å². The van der Waals surface area contributed by atoms with Gasteiger partial charge in [0.2, 0.25) is 0 Å². The first-order chi connectivity index (χ1) is 12.5. The number of esters is 2. The van der Waals surface area contributed by atoms with Gasteiger partial charge < -0.3 is 9.47 Å². The standard InChI is InChI=1S/C19H19NO6/c1-2-3-4-8-18(21)25-16-6-5-7-17(13-16)26-19(22)14-9-11-15(12-10-14)20(23)24/h5-7,9-13H,2-4,8H2,1H3. The van der Waals surface area contributed by atoms with Crippen molar-refractivity contribution in [3.63, 3.8) is 0 Å². The molecule has 2 aromatic rings. The van der Waals surface area contributed by atoms with Gasteiger partial charge in [-0.3, -0.25) is 14.9 Å². The van der Waals surface area contributed by atoms with Gasteiger partial charge in [0.15, 0.2) is 0 Å². The minimum Gasteiger partial charge on any atom is -0.426 e. The average Bonchev–Trinajstić information content (AvgIpc) is 2.62. The van der Waals surface area contributed by atoms with Crippen molar-refractivity contribution in [2.75, 3.05) is 0 Å². The highest BCUT2D eigenvalue weighted by Gasteiger charge is 2.12. The van der Waals surface area contributed by atoms with E-state index in [1.807, 2.05) is 6.92 Å². The van der Waals surface area contributed by atoms with E-state index in [4.69, 9.17) is 9.47 Å². The Balaban J connectivity index is 1.97. The summed E-state index contributed by atoms with van der Waals surface area (Å²) in [5, 5.41) is 10.6. The zero-order chi connectivity index (χ0) is 18.9. The maximum absolute atomic E-state index is 12.1. The van der Waals surface area contributed by atoms with Crippen molar-refractivity contribution >= 4 is 17.6 Å². The molecule has 0 radical (unpaired) electrons. The predicted molar refractivity (Wildman–Crippen MR) is 94.3 cm³/mol. The minimum absolute atomic E-state index is 0.112. The third kappa shape index (κ3) is 5.70. The number of non-ortho nitro benzene ring substituents is 1. The summed E-state index contributed by atoms with van der Waals surface area (Å²) < 4.78 is 10.4. The zero-order valence-corrected chi connectivity index (χ0v) is 14.3. The number of rotatable bonds is 8. The van der Waals surface area contributed by atoms with Crippen LogP contribution in [-0.2, 0) is 4.79 Å². The summed E-state index contributed by atoms with van der Waals surface area (Å²) in [7, 11) is 0. The van der Waals surface area contributed by atoms with E-state index in [9.17, 15) is 19.7 Å². The van der Waals surface area contributed by atoms with Gasteiger partial charge in [-0.05, 0) is 30.7 Å². The molecule has 0 saturated heterocycles. The van der Waals surface area contributed by atoms with Gasteiger partial charge in [-0.25, -0.2) is 4.79 Å². The molecular formula is C19H19NO6. The molecule has 2 aromatic carbocycles. The van der Waals surface area contributed by atoms with Crippen LogP contribution in [0.3, 0.4) is 0 Å². The highest BCUT2D eigenvalue weighted by molar-refractivity contribution is 5.91. The minimum atomic E-state index is -0.661. The number of carbonyl (C=O) groups excluding carboxylic acids is 2. The van der Waals surface area contributed by atoms with Gasteiger partial charge in [-0.1, -0.05) is 25.8 Å². The van der Waals surface area contributed by atoms with Crippen LogP contribution in [0.5, 0.6) is 11.5 Å². The van der Waals surface area contributed by atoms with Gasteiger partial charge in [0.25, 0.3) is 5.69 Å². The van der Waals surface area contributed by atoms with E-state index in [0.29, 0.717) is 12.2 Å². The van der Waals surface area contributed by atoms with E-state index >= 15 is 0 Å². The summed E-state index contributed by atoms with van der Waals surface area (Å²) in [5.74, 6) is -0.490. The summed E-state index contributed by atoms with van der Waals surface area (Å²) in [6.07, 6.45) is 3.08. The number of ether oxygens (including phenoxy) is 2. The Bertz CT molecular complexity index is 785. The van der Waals surface area contributed by atoms with Gasteiger partial charge >= 0.3 is 11.9 Å². The average molecular weight is 357 g/mol. The summed E-state index contributed by atoms with van der Waals surface area (Å²) in [5.41, 5.74) is 0.0658. The SMILES string of the molecule is CCCCCC(=O)Oc1cccc(OC(=O)c2ccc([N+](=O)[O-])cc2)c1. The molecule has 136 valence electrons. The first-order valence-corrected chi connectivity index (χ1v) is 8.27. The molecule has 0 unspecified atom stereocenters. The molecule has 0 saturated carbocycles. The zero-order valence-electron chi connectivity index (χ0n) is 14.3. The highest BCUT2D eigenvalue weighted by atomic mass is 16.6. The van der Waals surface area contributed by atoms with Gasteiger partial charge in [-0.15, -0.1) is 0 Å². The first kappa shape index (κ1) is 19.1. The lowest BCUT2D eigenvalue weighted by molar-refractivity contribution is -0.384. The molecular weight excluding hydrogens is 338 g/mol. The molecule has 0 aliphatic rings. The van der Waals surface area contributed by atoms with Crippen molar-refractivity contribution in [1.82, 2.24) is 0 Å². The van der Waals surface area contributed by atoms with E-state index in [1.165, 1.54) is 30.3 Å². The van der Waals surface area contributed by atoms with Crippen molar-refractivity contribution in [2.24, 2.45) is 0 Å². The fraction of sp³-hybridized carbons (Fsp3) is 0.263. The lowest BCUT2D eigenvalue weighted by Crippen LogP contribution is -2.10. The maximum atomic E-state index is 12.1. The maximum Gasteiger partial charge on any atom is 0.343 e.